The molecule has 26 heavy (non-hydrogen) atoms. The summed E-state index contributed by atoms with van der Waals surface area (Å²) in [5, 5.41) is 14.8. The summed E-state index contributed by atoms with van der Waals surface area (Å²) in [4.78, 5) is 25.9. The number of aromatic nitrogens is 3. The Labute approximate surface area is 153 Å². The molecule has 2 aromatic rings. The van der Waals surface area contributed by atoms with Crippen molar-refractivity contribution in [2.24, 2.45) is 11.8 Å². The number of aryl methyl sites for hydroxylation is 1. The van der Waals surface area contributed by atoms with Crippen LogP contribution < -0.4 is 10.2 Å². The quantitative estimate of drug-likeness (QED) is 0.563. The third-order valence-electron chi connectivity index (χ3n) is 3.62. The summed E-state index contributed by atoms with van der Waals surface area (Å²) in [7, 11) is 0. The highest BCUT2D eigenvalue weighted by Gasteiger charge is 2.28. The predicted molar refractivity (Wildman–Crippen MR) is 103 cm³/mol. The zero-order chi connectivity index (χ0) is 19.3. The van der Waals surface area contributed by atoms with Crippen molar-refractivity contribution in [3.05, 3.63) is 40.3 Å². The van der Waals surface area contributed by atoms with Crippen LogP contribution in [-0.2, 0) is 0 Å². The average Bonchev–Trinajstić information content (AvgIpc) is 2.53. The van der Waals surface area contributed by atoms with E-state index < -0.39 is 4.92 Å². The van der Waals surface area contributed by atoms with E-state index in [0.29, 0.717) is 36.6 Å². The third kappa shape index (κ3) is 5.11. The number of hydrogen-bond donors (Lipinski definition) is 1. The first-order valence-corrected chi connectivity index (χ1v) is 8.72. The second-order valence-electron chi connectivity index (χ2n) is 7.19. The van der Waals surface area contributed by atoms with E-state index in [4.69, 9.17) is 0 Å². The first kappa shape index (κ1) is 19.6. The Morgan fingerprint density at radius 2 is 1.81 bits per heavy atom. The van der Waals surface area contributed by atoms with Gasteiger partial charge in [0.25, 0.3) is 0 Å². The lowest BCUT2D eigenvalue weighted by Crippen LogP contribution is -2.32. The summed E-state index contributed by atoms with van der Waals surface area (Å²) in [6.45, 7) is 11.6. The van der Waals surface area contributed by atoms with E-state index in [1.807, 2.05) is 24.0 Å². The van der Waals surface area contributed by atoms with Crippen LogP contribution in [0.3, 0.4) is 0 Å². The average molecular weight is 358 g/mol. The fourth-order valence-electron chi connectivity index (χ4n) is 2.72. The van der Waals surface area contributed by atoms with Crippen molar-refractivity contribution in [3.63, 3.8) is 0 Å². The molecule has 0 aliphatic rings. The Balaban J connectivity index is 2.47. The molecule has 0 bridgehead atoms. The molecule has 140 valence electrons. The van der Waals surface area contributed by atoms with Gasteiger partial charge in [-0.2, -0.15) is 0 Å². The van der Waals surface area contributed by atoms with Crippen LogP contribution in [0.25, 0.3) is 0 Å². The monoisotopic (exact) mass is 358 g/mol. The highest BCUT2D eigenvalue weighted by atomic mass is 16.6. The molecule has 8 heteroatoms. The van der Waals surface area contributed by atoms with Gasteiger partial charge in [-0.3, -0.25) is 10.1 Å². The van der Waals surface area contributed by atoms with Crippen LogP contribution in [0.2, 0.25) is 0 Å². The molecule has 0 unspecified atom stereocenters. The summed E-state index contributed by atoms with van der Waals surface area (Å²) in [5.41, 5.74) is 0.873. The molecule has 8 nitrogen and oxygen atoms in total. The van der Waals surface area contributed by atoms with Gasteiger partial charge < -0.3 is 10.2 Å². The summed E-state index contributed by atoms with van der Waals surface area (Å²) in [5.74, 6) is 1.69. The third-order valence-corrected chi connectivity index (χ3v) is 3.62. The van der Waals surface area contributed by atoms with Gasteiger partial charge in [-0.05, 0) is 36.5 Å². The van der Waals surface area contributed by atoms with Gasteiger partial charge in [-0.25, -0.2) is 15.0 Å². The van der Waals surface area contributed by atoms with Crippen LogP contribution >= 0.6 is 0 Å². The number of nitrogens with one attached hydrogen (secondary N) is 1. The Morgan fingerprint density at radius 1 is 1.15 bits per heavy atom. The van der Waals surface area contributed by atoms with Crippen molar-refractivity contribution in [1.82, 2.24) is 15.0 Å². The van der Waals surface area contributed by atoms with E-state index in [1.165, 1.54) is 6.33 Å². The molecule has 0 amide bonds. The van der Waals surface area contributed by atoms with E-state index in [2.05, 4.69) is 48.0 Å². The predicted octanol–water partition coefficient (Wildman–Crippen LogP) is 3.95. The summed E-state index contributed by atoms with van der Waals surface area (Å²) >= 11 is 0. The van der Waals surface area contributed by atoms with Gasteiger partial charge in [0.2, 0.25) is 11.6 Å². The zero-order valence-electron chi connectivity index (χ0n) is 15.9. The number of nitro groups is 1. The van der Waals surface area contributed by atoms with Crippen LogP contribution in [0.4, 0.5) is 23.1 Å². The van der Waals surface area contributed by atoms with Crippen LogP contribution in [0.15, 0.2) is 24.7 Å². The van der Waals surface area contributed by atoms with E-state index >= 15 is 0 Å². The van der Waals surface area contributed by atoms with E-state index in [0.717, 1.165) is 5.56 Å². The highest BCUT2D eigenvalue weighted by Crippen LogP contribution is 2.34. The van der Waals surface area contributed by atoms with Crippen molar-refractivity contribution in [1.29, 1.82) is 0 Å². The van der Waals surface area contributed by atoms with Gasteiger partial charge in [0.1, 0.15) is 12.1 Å². The number of hydrogen-bond acceptors (Lipinski definition) is 7. The van der Waals surface area contributed by atoms with Gasteiger partial charge >= 0.3 is 5.69 Å². The maximum Gasteiger partial charge on any atom is 0.353 e. The molecular weight excluding hydrogens is 332 g/mol. The minimum atomic E-state index is -0.429. The van der Waals surface area contributed by atoms with Gasteiger partial charge in [0.15, 0.2) is 0 Å². The number of anilines is 3. The maximum atomic E-state index is 11.8. The lowest BCUT2D eigenvalue weighted by atomic mass is 10.1. The van der Waals surface area contributed by atoms with E-state index in [9.17, 15) is 10.1 Å². The molecule has 0 aliphatic carbocycles. The molecule has 0 radical (unpaired) electrons. The van der Waals surface area contributed by atoms with Crippen molar-refractivity contribution in [2.45, 2.75) is 34.6 Å². The van der Waals surface area contributed by atoms with Gasteiger partial charge in [0, 0.05) is 19.3 Å². The Hall–Kier alpha value is -2.77. The SMILES string of the molecule is Cc1ccnc(Nc2ncnc(N(CC(C)C)CC(C)C)c2[N+](=O)[O-])c1. The minimum absolute atomic E-state index is 0.128. The molecule has 0 fully saturated rings. The molecule has 2 aromatic heterocycles. The van der Waals surface area contributed by atoms with Crippen molar-refractivity contribution in [3.8, 4) is 0 Å². The molecule has 0 atom stereocenters. The van der Waals surface area contributed by atoms with Crippen LogP contribution in [0.5, 0.6) is 0 Å². The smallest absolute Gasteiger partial charge is 0.350 e. The van der Waals surface area contributed by atoms with Crippen LogP contribution in [0.1, 0.15) is 33.3 Å². The minimum Gasteiger partial charge on any atom is -0.350 e. The van der Waals surface area contributed by atoms with Crippen molar-refractivity contribution in [2.75, 3.05) is 23.3 Å². The number of rotatable bonds is 8. The second-order valence-corrected chi connectivity index (χ2v) is 7.19. The maximum absolute atomic E-state index is 11.8. The summed E-state index contributed by atoms with van der Waals surface area (Å²) < 4.78 is 0. The fraction of sp³-hybridized carbons (Fsp3) is 0.500. The molecule has 2 rings (SSSR count). The zero-order valence-corrected chi connectivity index (χ0v) is 15.9. The van der Waals surface area contributed by atoms with Crippen LogP contribution in [-0.4, -0.2) is 33.0 Å². The molecule has 0 aromatic carbocycles. The largest absolute Gasteiger partial charge is 0.353 e. The van der Waals surface area contributed by atoms with Crippen LogP contribution in [0, 0.1) is 28.9 Å². The van der Waals surface area contributed by atoms with Gasteiger partial charge in [-0.1, -0.05) is 27.7 Å². The Kier molecular flexibility index (Phi) is 6.43. The topological polar surface area (TPSA) is 97.1 Å². The normalized spacial score (nSPS) is 11.0. The molecule has 0 saturated carbocycles. The number of nitrogens with zero attached hydrogens (tertiary/aromatic N) is 5. The highest BCUT2D eigenvalue weighted by molar-refractivity contribution is 5.73. The van der Waals surface area contributed by atoms with Crippen molar-refractivity contribution < 1.29 is 4.92 Å². The first-order chi connectivity index (χ1) is 12.3. The summed E-state index contributed by atoms with van der Waals surface area (Å²) in [6.07, 6.45) is 3.00. The second kappa shape index (κ2) is 8.55. The Morgan fingerprint density at radius 3 is 2.35 bits per heavy atom. The summed E-state index contributed by atoms with van der Waals surface area (Å²) in [6, 6.07) is 3.67. The van der Waals surface area contributed by atoms with Gasteiger partial charge in [-0.15, -0.1) is 0 Å². The molecule has 0 spiro atoms. The number of pyridine rings is 1. The molecular formula is C18H26N6O2. The fourth-order valence-corrected chi connectivity index (χ4v) is 2.72. The standard InChI is InChI=1S/C18H26N6O2/c1-12(2)9-23(10-13(3)4)18-16(24(25)26)17(20-11-21-18)22-15-8-14(5)6-7-19-15/h6-8,11-13H,9-10H2,1-5H3,(H,19,20,21,22). The molecule has 0 saturated heterocycles. The molecule has 2 heterocycles. The van der Waals surface area contributed by atoms with E-state index in [1.54, 1.807) is 6.20 Å². The Bertz CT molecular complexity index is 753. The van der Waals surface area contributed by atoms with Crippen molar-refractivity contribution >= 4 is 23.1 Å². The molecule has 1 N–H and O–H groups in total. The lowest BCUT2D eigenvalue weighted by Gasteiger charge is -2.27. The lowest BCUT2D eigenvalue weighted by molar-refractivity contribution is -0.383. The van der Waals surface area contributed by atoms with E-state index in [-0.39, 0.29) is 11.5 Å². The molecule has 0 aliphatic heterocycles. The first-order valence-electron chi connectivity index (χ1n) is 8.72. The van der Waals surface area contributed by atoms with Gasteiger partial charge in [0.05, 0.1) is 4.92 Å².